The number of carboxylic acids is 1. The Kier molecular flexibility index (Phi) is 9.07. The van der Waals surface area contributed by atoms with Crippen LogP contribution in [0.4, 0.5) is 0 Å². The average molecular weight is 339 g/mol. The maximum atomic E-state index is 10.5. The molecule has 0 aromatic heterocycles. The van der Waals surface area contributed by atoms with Crippen molar-refractivity contribution in [3.63, 3.8) is 0 Å². The molecule has 0 saturated heterocycles. The van der Waals surface area contributed by atoms with Crippen molar-refractivity contribution < 1.29 is 19.4 Å². The van der Waals surface area contributed by atoms with Gasteiger partial charge in [-0.1, -0.05) is 36.2 Å². The number of halogens is 1. The van der Waals surface area contributed by atoms with Crippen LogP contribution in [0, 0.1) is 11.8 Å². The molecule has 1 aromatic carbocycles. The first-order chi connectivity index (χ1) is 11.1. The van der Waals surface area contributed by atoms with Crippen molar-refractivity contribution in [2.24, 2.45) is 11.8 Å². The normalized spacial score (nSPS) is 19.9. The van der Waals surface area contributed by atoms with Gasteiger partial charge in [0.15, 0.2) is 6.29 Å². The lowest BCUT2D eigenvalue weighted by Gasteiger charge is -2.12. The standard InChI is InChI=1S/C10H16O2.C8H7ClO2/c1-2-4-8-5-3-6-9(8)7-10(11)12;9-7-2-1-3-8(6-7)11-5-4-10/h2,4,8-9H,3,5-7H2,1H3,(H,11,12);1-4,6H,5H2/b4-2+;/t8?,9-;/m1./s1. The Balaban J connectivity index is 0.000000231. The average Bonchev–Trinajstić information content (AvgIpc) is 2.93. The zero-order chi connectivity index (χ0) is 17.1. The number of hydrogen-bond donors (Lipinski definition) is 1. The summed E-state index contributed by atoms with van der Waals surface area (Å²) in [4.78, 5) is 20.4. The molecule has 5 heteroatoms. The van der Waals surface area contributed by atoms with E-state index in [0.29, 0.717) is 35.3 Å². The number of carbonyl (C=O) groups is 2. The third-order valence-electron chi connectivity index (χ3n) is 3.71. The minimum atomic E-state index is -0.656. The van der Waals surface area contributed by atoms with Crippen molar-refractivity contribution >= 4 is 23.9 Å². The Morgan fingerprint density at radius 3 is 2.83 bits per heavy atom. The molecule has 1 aliphatic carbocycles. The van der Waals surface area contributed by atoms with Crippen LogP contribution < -0.4 is 4.74 Å². The smallest absolute Gasteiger partial charge is 0.303 e. The molecule has 23 heavy (non-hydrogen) atoms. The Hall–Kier alpha value is -1.81. The predicted octanol–water partition coefficient (Wildman–Crippen LogP) is 4.37. The molecule has 2 atom stereocenters. The zero-order valence-electron chi connectivity index (χ0n) is 13.3. The van der Waals surface area contributed by atoms with E-state index in [1.165, 1.54) is 12.8 Å². The fourth-order valence-electron chi connectivity index (χ4n) is 2.73. The lowest BCUT2D eigenvalue weighted by atomic mass is 9.93. The number of rotatable bonds is 6. The van der Waals surface area contributed by atoms with Gasteiger partial charge in [0.05, 0.1) is 0 Å². The summed E-state index contributed by atoms with van der Waals surface area (Å²) in [5, 5.41) is 9.24. The monoisotopic (exact) mass is 338 g/mol. The summed E-state index contributed by atoms with van der Waals surface area (Å²) in [7, 11) is 0. The second kappa shape index (κ2) is 10.8. The third kappa shape index (κ3) is 7.84. The van der Waals surface area contributed by atoms with Gasteiger partial charge >= 0.3 is 5.97 Å². The quantitative estimate of drug-likeness (QED) is 0.618. The predicted molar refractivity (Wildman–Crippen MR) is 90.9 cm³/mol. The van der Waals surface area contributed by atoms with Crippen molar-refractivity contribution in [2.75, 3.05) is 6.61 Å². The Morgan fingerprint density at radius 2 is 2.22 bits per heavy atom. The highest BCUT2D eigenvalue weighted by Gasteiger charge is 2.26. The maximum absolute atomic E-state index is 10.5. The molecule has 1 unspecified atom stereocenters. The fraction of sp³-hybridized carbons (Fsp3) is 0.444. The molecule has 0 bridgehead atoms. The molecule has 126 valence electrons. The van der Waals surface area contributed by atoms with Crippen LogP contribution in [-0.2, 0) is 9.59 Å². The second-order valence-corrected chi connectivity index (χ2v) is 5.85. The van der Waals surface area contributed by atoms with Crippen molar-refractivity contribution in [3.05, 3.63) is 41.4 Å². The van der Waals surface area contributed by atoms with Gasteiger partial charge in [0.1, 0.15) is 12.4 Å². The van der Waals surface area contributed by atoms with E-state index in [2.05, 4.69) is 6.08 Å². The van der Waals surface area contributed by atoms with E-state index in [9.17, 15) is 9.59 Å². The summed E-state index contributed by atoms with van der Waals surface area (Å²) in [6, 6.07) is 6.91. The van der Waals surface area contributed by atoms with Crippen LogP contribution in [0.3, 0.4) is 0 Å². The van der Waals surface area contributed by atoms with Crippen LogP contribution in [0.1, 0.15) is 32.6 Å². The van der Waals surface area contributed by atoms with Gasteiger partial charge in [-0.25, -0.2) is 0 Å². The summed E-state index contributed by atoms with van der Waals surface area (Å²) in [5.74, 6) is 0.866. The molecule has 1 saturated carbocycles. The number of benzene rings is 1. The summed E-state index contributed by atoms with van der Waals surface area (Å²) in [6.07, 6.45) is 8.66. The molecule has 0 amide bonds. The number of hydrogen-bond acceptors (Lipinski definition) is 3. The van der Waals surface area contributed by atoms with Crippen molar-refractivity contribution in [1.29, 1.82) is 0 Å². The SMILES string of the molecule is C/C=C/C1CCC[C@@H]1CC(=O)O.O=CCOc1cccc(Cl)c1. The number of ether oxygens (including phenoxy) is 1. The highest BCUT2D eigenvalue weighted by atomic mass is 35.5. The van der Waals surface area contributed by atoms with Crippen LogP contribution in [0.15, 0.2) is 36.4 Å². The molecule has 0 spiro atoms. The van der Waals surface area contributed by atoms with Crippen LogP contribution in [0.25, 0.3) is 0 Å². The highest BCUT2D eigenvalue weighted by Crippen LogP contribution is 2.34. The summed E-state index contributed by atoms with van der Waals surface area (Å²) < 4.78 is 4.98. The molecule has 1 aromatic rings. The lowest BCUT2D eigenvalue weighted by Crippen LogP contribution is -2.10. The molecule has 0 radical (unpaired) electrons. The van der Waals surface area contributed by atoms with Crippen molar-refractivity contribution in [1.82, 2.24) is 0 Å². The van der Waals surface area contributed by atoms with Crippen LogP contribution in [0.5, 0.6) is 5.75 Å². The van der Waals surface area contributed by atoms with E-state index in [1.807, 2.05) is 13.0 Å². The molecular weight excluding hydrogens is 316 g/mol. The molecule has 0 heterocycles. The number of allylic oxidation sites excluding steroid dienone is 2. The van der Waals surface area contributed by atoms with E-state index in [4.69, 9.17) is 21.4 Å². The van der Waals surface area contributed by atoms with Gasteiger partial charge in [0.2, 0.25) is 0 Å². The number of carboxylic acid groups (broad SMARTS) is 1. The first-order valence-corrected chi connectivity index (χ1v) is 8.11. The van der Waals surface area contributed by atoms with Crippen molar-refractivity contribution in [3.8, 4) is 5.75 Å². The highest BCUT2D eigenvalue weighted by molar-refractivity contribution is 6.30. The number of aldehydes is 1. The summed E-state index contributed by atoms with van der Waals surface area (Å²) in [5.41, 5.74) is 0. The first-order valence-electron chi connectivity index (χ1n) is 7.73. The minimum absolute atomic E-state index is 0.0698. The van der Waals surface area contributed by atoms with Crippen molar-refractivity contribution in [2.45, 2.75) is 32.6 Å². The number of carbonyl (C=O) groups excluding carboxylic acids is 1. The molecule has 2 rings (SSSR count). The molecule has 0 aliphatic heterocycles. The van der Waals surface area contributed by atoms with Gasteiger partial charge in [0.25, 0.3) is 0 Å². The van der Waals surface area contributed by atoms with Gasteiger partial charge in [-0.05, 0) is 49.8 Å². The molecule has 1 fully saturated rings. The second-order valence-electron chi connectivity index (χ2n) is 5.41. The van der Waals surface area contributed by atoms with Gasteiger partial charge in [-0.2, -0.15) is 0 Å². The zero-order valence-corrected chi connectivity index (χ0v) is 14.0. The van der Waals surface area contributed by atoms with Gasteiger partial charge in [0, 0.05) is 11.4 Å². The number of aliphatic carboxylic acids is 1. The largest absolute Gasteiger partial charge is 0.486 e. The summed E-state index contributed by atoms with van der Waals surface area (Å²) in [6.45, 7) is 2.07. The molecule has 1 N–H and O–H groups in total. The van der Waals surface area contributed by atoms with Crippen LogP contribution in [-0.4, -0.2) is 24.0 Å². The summed E-state index contributed by atoms with van der Waals surface area (Å²) >= 11 is 5.66. The fourth-order valence-corrected chi connectivity index (χ4v) is 2.91. The molecular formula is C18H23ClO4. The van der Waals surface area contributed by atoms with E-state index < -0.39 is 5.97 Å². The maximum Gasteiger partial charge on any atom is 0.303 e. The first kappa shape index (κ1) is 19.2. The Morgan fingerprint density at radius 1 is 1.43 bits per heavy atom. The third-order valence-corrected chi connectivity index (χ3v) is 3.94. The van der Waals surface area contributed by atoms with Gasteiger partial charge < -0.3 is 9.84 Å². The van der Waals surface area contributed by atoms with E-state index in [-0.39, 0.29) is 6.61 Å². The van der Waals surface area contributed by atoms with E-state index >= 15 is 0 Å². The van der Waals surface area contributed by atoms with E-state index in [0.717, 1.165) is 6.42 Å². The van der Waals surface area contributed by atoms with Gasteiger partial charge in [-0.15, -0.1) is 0 Å². The van der Waals surface area contributed by atoms with Crippen LogP contribution >= 0.6 is 11.6 Å². The van der Waals surface area contributed by atoms with E-state index in [1.54, 1.807) is 24.3 Å². The Labute approximate surface area is 142 Å². The molecule has 1 aliphatic rings. The molecule has 4 nitrogen and oxygen atoms in total. The Bertz CT molecular complexity index is 528. The lowest BCUT2D eigenvalue weighted by molar-refractivity contribution is -0.138. The topological polar surface area (TPSA) is 63.6 Å². The van der Waals surface area contributed by atoms with Gasteiger partial charge in [-0.3, -0.25) is 9.59 Å². The van der Waals surface area contributed by atoms with Crippen LogP contribution in [0.2, 0.25) is 5.02 Å². The minimum Gasteiger partial charge on any atom is -0.486 e.